The topological polar surface area (TPSA) is 66.0 Å². The first-order chi connectivity index (χ1) is 9.76. The second kappa shape index (κ2) is 5.05. The van der Waals surface area contributed by atoms with Crippen LogP contribution in [0.5, 0.6) is 5.88 Å². The van der Waals surface area contributed by atoms with Crippen LogP contribution < -0.4 is 10.5 Å². The van der Waals surface area contributed by atoms with Crippen LogP contribution >= 0.6 is 0 Å². The molecule has 100 valence electrons. The molecule has 3 rings (SSSR count). The summed E-state index contributed by atoms with van der Waals surface area (Å²) in [5, 5.41) is 4.33. The third-order valence-electron chi connectivity index (χ3n) is 2.98. The molecule has 0 atom stereocenters. The summed E-state index contributed by atoms with van der Waals surface area (Å²) in [5.74, 6) is 1.28. The Bertz CT molecular complexity index is 719. The number of anilines is 1. The predicted molar refractivity (Wildman–Crippen MR) is 77.8 cm³/mol. The van der Waals surface area contributed by atoms with Crippen LogP contribution in [-0.4, -0.2) is 21.9 Å². The molecule has 0 aliphatic carbocycles. The average Bonchev–Trinajstić information content (AvgIpc) is 2.98. The van der Waals surface area contributed by atoms with E-state index in [-0.39, 0.29) is 0 Å². The fourth-order valence-electron chi connectivity index (χ4n) is 1.92. The van der Waals surface area contributed by atoms with Crippen LogP contribution in [0.4, 0.5) is 5.69 Å². The van der Waals surface area contributed by atoms with E-state index >= 15 is 0 Å². The molecule has 2 aromatic heterocycles. The zero-order valence-corrected chi connectivity index (χ0v) is 11.0. The molecular formula is C15H14N4O. The molecule has 2 heterocycles. The maximum absolute atomic E-state index is 5.69. The average molecular weight is 266 g/mol. The van der Waals surface area contributed by atoms with Gasteiger partial charge in [-0.3, -0.25) is 0 Å². The van der Waals surface area contributed by atoms with E-state index < -0.39 is 0 Å². The maximum Gasteiger partial charge on any atom is 0.214 e. The Morgan fingerprint density at radius 3 is 2.60 bits per heavy atom. The fourth-order valence-corrected chi connectivity index (χ4v) is 1.92. The van der Waals surface area contributed by atoms with Gasteiger partial charge in [0, 0.05) is 23.5 Å². The minimum Gasteiger partial charge on any atom is -0.481 e. The third-order valence-corrected chi connectivity index (χ3v) is 2.98. The normalized spacial score (nSPS) is 10.4. The molecule has 5 nitrogen and oxygen atoms in total. The zero-order chi connectivity index (χ0) is 13.9. The third kappa shape index (κ3) is 2.33. The van der Waals surface area contributed by atoms with E-state index in [2.05, 4.69) is 10.1 Å². The van der Waals surface area contributed by atoms with Gasteiger partial charge in [0.25, 0.3) is 0 Å². The summed E-state index contributed by atoms with van der Waals surface area (Å²) in [6.07, 6.45) is 3.72. The molecule has 1 aromatic carbocycles. The summed E-state index contributed by atoms with van der Waals surface area (Å²) in [5.41, 5.74) is 8.51. The van der Waals surface area contributed by atoms with Crippen molar-refractivity contribution in [3.8, 4) is 22.8 Å². The van der Waals surface area contributed by atoms with Gasteiger partial charge in [-0.25, -0.2) is 4.68 Å². The van der Waals surface area contributed by atoms with Gasteiger partial charge in [0.2, 0.25) is 5.88 Å². The van der Waals surface area contributed by atoms with Crippen LogP contribution in [-0.2, 0) is 0 Å². The molecule has 0 saturated carbocycles. The van der Waals surface area contributed by atoms with E-state index in [1.165, 1.54) is 0 Å². The van der Waals surface area contributed by atoms with Crippen molar-refractivity contribution in [3.05, 3.63) is 54.9 Å². The van der Waals surface area contributed by atoms with Gasteiger partial charge in [-0.05, 0) is 23.8 Å². The van der Waals surface area contributed by atoms with Crippen molar-refractivity contribution in [3.63, 3.8) is 0 Å². The van der Waals surface area contributed by atoms with Crippen molar-refractivity contribution in [1.29, 1.82) is 0 Å². The summed E-state index contributed by atoms with van der Waals surface area (Å²) >= 11 is 0. The minimum atomic E-state index is 0.562. The van der Waals surface area contributed by atoms with E-state index in [0.717, 1.165) is 16.8 Å². The molecule has 0 fully saturated rings. The van der Waals surface area contributed by atoms with E-state index in [1.807, 2.05) is 42.6 Å². The minimum absolute atomic E-state index is 0.562. The molecular weight excluding hydrogens is 252 g/mol. The summed E-state index contributed by atoms with van der Waals surface area (Å²) in [6.45, 7) is 0. The Morgan fingerprint density at radius 2 is 1.85 bits per heavy atom. The number of aromatic nitrogens is 3. The lowest BCUT2D eigenvalue weighted by molar-refractivity contribution is 0.397. The number of benzene rings is 1. The molecule has 0 spiro atoms. The van der Waals surface area contributed by atoms with Crippen LogP contribution in [0, 0.1) is 0 Å². The van der Waals surface area contributed by atoms with Crippen molar-refractivity contribution in [2.45, 2.75) is 0 Å². The summed E-state index contributed by atoms with van der Waals surface area (Å²) < 4.78 is 6.83. The smallest absolute Gasteiger partial charge is 0.214 e. The molecule has 0 bridgehead atoms. The zero-order valence-electron chi connectivity index (χ0n) is 11.0. The van der Waals surface area contributed by atoms with Gasteiger partial charge >= 0.3 is 0 Å². The SMILES string of the molecule is COc1cccc(-n2cc(-c3ccc(N)cc3)cn2)n1. The highest BCUT2D eigenvalue weighted by Gasteiger charge is 2.05. The van der Waals surface area contributed by atoms with Crippen molar-refractivity contribution in [2.75, 3.05) is 12.8 Å². The van der Waals surface area contributed by atoms with Crippen molar-refractivity contribution in [2.24, 2.45) is 0 Å². The number of nitrogen functional groups attached to an aromatic ring is 1. The number of nitrogens with zero attached hydrogens (tertiary/aromatic N) is 3. The van der Waals surface area contributed by atoms with Gasteiger partial charge in [-0.2, -0.15) is 10.1 Å². The quantitative estimate of drug-likeness (QED) is 0.740. The second-order valence-electron chi connectivity index (χ2n) is 4.33. The van der Waals surface area contributed by atoms with Crippen LogP contribution in [0.25, 0.3) is 16.9 Å². The summed E-state index contributed by atoms with van der Waals surface area (Å²) in [6, 6.07) is 13.2. The van der Waals surface area contributed by atoms with E-state index in [0.29, 0.717) is 11.7 Å². The Labute approximate surface area is 116 Å². The van der Waals surface area contributed by atoms with Gasteiger partial charge < -0.3 is 10.5 Å². The lowest BCUT2D eigenvalue weighted by Crippen LogP contribution is -1.98. The molecule has 0 radical (unpaired) electrons. The molecule has 0 amide bonds. The molecule has 0 aliphatic rings. The largest absolute Gasteiger partial charge is 0.481 e. The van der Waals surface area contributed by atoms with E-state index in [1.54, 1.807) is 24.1 Å². The first-order valence-electron chi connectivity index (χ1n) is 6.18. The van der Waals surface area contributed by atoms with Gasteiger partial charge in [0.05, 0.1) is 13.3 Å². The summed E-state index contributed by atoms with van der Waals surface area (Å²) in [4.78, 5) is 4.34. The molecule has 0 unspecified atom stereocenters. The Kier molecular flexibility index (Phi) is 3.09. The Morgan fingerprint density at radius 1 is 1.05 bits per heavy atom. The fraction of sp³-hybridized carbons (Fsp3) is 0.0667. The molecule has 20 heavy (non-hydrogen) atoms. The first kappa shape index (κ1) is 12.2. The lowest BCUT2D eigenvalue weighted by atomic mass is 10.1. The monoisotopic (exact) mass is 266 g/mol. The second-order valence-corrected chi connectivity index (χ2v) is 4.33. The Hall–Kier alpha value is -2.82. The number of methoxy groups -OCH3 is 1. The van der Waals surface area contributed by atoms with Crippen LogP contribution in [0.15, 0.2) is 54.9 Å². The van der Waals surface area contributed by atoms with Crippen molar-refractivity contribution >= 4 is 5.69 Å². The van der Waals surface area contributed by atoms with Crippen molar-refractivity contribution in [1.82, 2.24) is 14.8 Å². The molecule has 5 heteroatoms. The number of nitrogens with two attached hydrogens (primary N) is 1. The van der Waals surface area contributed by atoms with Crippen LogP contribution in [0.2, 0.25) is 0 Å². The van der Waals surface area contributed by atoms with E-state index in [4.69, 9.17) is 10.5 Å². The number of hydrogen-bond donors (Lipinski definition) is 1. The number of ether oxygens (including phenoxy) is 1. The highest BCUT2D eigenvalue weighted by atomic mass is 16.5. The van der Waals surface area contributed by atoms with Crippen LogP contribution in [0.1, 0.15) is 0 Å². The van der Waals surface area contributed by atoms with Crippen molar-refractivity contribution < 1.29 is 4.74 Å². The van der Waals surface area contributed by atoms with E-state index in [9.17, 15) is 0 Å². The Balaban J connectivity index is 1.95. The maximum atomic E-state index is 5.69. The standard InChI is InChI=1S/C15H14N4O/c1-20-15-4-2-3-14(18-15)19-10-12(9-17-19)11-5-7-13(16)8-6-11/h2-10H,16H2,1H3. The van der Waals surface area contributed by atoms with Gasteiger partial charge in [0.15, 0.2) is 5.82 Å². The molecule has 0 aliphatic heterocycles. The first-order valence-corrected chi connectivity index (χ1v) is 6.18. The highest BCUT2D eigenvalue weighted by molar-refractivity contribution is 5.64. The van der Waals surface area contributed by atoms with Gasteiger partial charge in [-0.15, -0.1) is 0 Å². The number of pyridine rings is 1. The molecule has 3 aromatic rings. The molecule has 2 N–H and O–H groups in total. The van der Waals surface area contributed by atoms with Gasteiger partial charge in [-0.1, -0.05) is 18.2 Å². The number of rotatable bonds is 3. The number of hydrogen-bond acceptors (Lipinski definition) is 4. The van der Waals surface area contributed by atoms with Crippen LogP contribution in [0.3, 0.4) is 0 Å². The molecule has 0 saturated heterocycles. The predicted octanol–water partition coefficient (Wildman–Crippen LogP) is 2.53. The van der Waals surface area contributed by atoms with Gasteiger partial charge in [0.1, 0.15) is 0 Å². The highest BCUT2D eigenvalue weighted by Crippen LogP contribution is 2.21. The summed E-state index contributed by atoms with van der Waals surface area (Å²) in [7, 11) is 1.59. The lowest BCUT2D eigenvalue weighted by Gasteiger charge is -2.02.